The van der Waals surface area contributed by atoms with E-state index < -0.39 is 5.92 Å². The third kappa shape index (κ3) is 3.97. The minimum absolute atomic E-state index is 0.112. The minimum Gasteiger partial charge on any atom is -0.326 e. The quantitative estimate of drug-likeness (QED) is 0.850. The Labute approximate surface area is 156 Å². The molecule has 0 radical (unpaired) electrons. The highest BCUT2D eigenvalue weighted by atomic mass is 35.5. The number of nitrogens with zero attached hydrogens (tertiary/aromatic N) is 1. The summed E-state index contributed by atoms with van der Waals surface area (Å²) in [5.74, 6) is -0.683. The number of nitrogens with one attached hydrogen (secondary N) is 1. The SMILES string of the molecule is Cc1ccc(NC(=O)C2CC(=O)N(c3cc(Cl)cc(Cl)c3)C2)cc1C. The van der Waals surface area contributed by atoms with Gasteiger partial charge in [0.15, 0.2) is 0 Å². The third-order valence-electron chi connectivity index (χ3n) is 4.43. The van der Waals surface area contributed by atoms with Crippen molar-refractivity contribution < 1.29 is 9.59 Å². The van der Waals surface area contributed by atoms with Crippen LogP contribution in [-0.4, -0.2) is 18.4 Å². The lowest BCUT2D eigenvalue weighted by atomic mass is 10.1. The number of aryl methyl sites for hydroxylation is 2. The molecule has 130 valence electrons. The maximum Gasteiger partial charge on any atom is 0.229 e. The molecule has 0 aliphatic carbocycles. The molecule has 0 aromatic heterocycles. The first-order valence-electron chi connectivity index (χ1n) is 7.98. The number of hydrogen-bond donors (Lipinski definition) is 1. The number of hydrogen-bond acceptors (Lipinski definition) is 2. The summed E-state index contributed by atoms with van der Waals surface area (Å²) in [7, 11) is 0. The molecule has 3 rings (SSSR count). The number of carbonyl (C=O) groups excluding carboxylic acids is 2. The van der Waals surface area contributed by atoms with Crippen LogP contribution in [0.3, 0.4) is 0 Å². The molecule has 1 heterocycles. The van der Waals surface area contributed by atoms with Gasteiger partial charge in [-0.15, -0.1) is 0 Å². The van der Waals surface area contributed by atoms with Crippen molar-refractivity contribution in [2.24, 2.45) is 5.92 Å². The first kappa shape index (κ1) is 17.8. The smallest absolute Gasteiger partial charge is 0.229 e. The largest absolute Gasteiger partial charge is 0.326 e. The number of anilines is 2. The fourth-order valence-corrected chi connectivity index (χ4v) is 3.41. The van der Waals surface area contributed by atoms with E-state index in [-0.39, 0.29) is 18.2 Å². The van der Waals surface area contributed by atoms with Gasteiger partial charge < -0.3 is 10.2 Å². The zero-order valence-electron chi connectivity index (χ0n) is 14.0. The Morgan fingerprint density at radius 3 is 2.40 bits per heavy atom. The summed E-state index contributed by atoms with van der Waals surface area (Å²) in [5, 5.41) is 3.81. The Kier molecular flexibility index (Phi) is 5.02. The average molecular weight is 377 g/mol. The van der Waals surface area contributed by atoms with E-state index in [1.165, 1.54) is 0 Å². The predicted octanol–water partition coefficient (Wildman–Crippen LogP) is 4.60. The van der Waals surface area contributed by atoms with E-state index in [1.54, 1.807) is 23.1 Å². The Morgan fingerprint density at radius 2 is 1.76 bits per heavy atom. The van der Waals surface area contributed by atoms with Crippen molar-refractivity contribution in [3.63, 3.8) is 0 Å². The third-order valence-corrected chi connectivity index (χ3v) is 4.87. The van der Waals surface area contributed by atoms with Crippen LogP contribution in [0, 0.1) is 19.8 Å². The molecule has 0 bridgehead atoms. The molecule has 0 saturated carbocycles. The summed E-state index contributed by atoms with van der Waals surface area (Å²) in [5.41, 5.74) is 3.63. The molecule has 1 fully saturated rings. The topological polar surface area (TPSA) is 49.4 Å². The number of benzene rings is 2. The van der Waals surface area contributed by atoms with Crippen LogP contribution >= 0.6 is 23.2 Å². The van der Waals surface area contributed by atoms with Gasteiger partial charge in [-0.05, 0) is 55.3 Å². The Balaban J connectivity index is 1.73. The van der Waals surface area contributed by atoms with Crippen molar-refractivity contribution in [2.75, 3.05) is 16.8 Å². The Morgan fingerprint density at radius 1 is 1.08 bits per heavy atom. The molecule has 25 heavy (non-hydrogen) atoms. The summed E-state index contributed by atoms with van der Waals surface area (Å²) in [6.45, 7) is 4.32. The Hall–Kier alpha value is -2.04. The van der Waals surface area contributed by atoms with Gasteiger partial charge in [0.2, 0.25) is 11.8 Å². The fraction of sp³-hybridized carbons (Fsp3) is 0.263. The van der Waals surface area contributed by atoms with E-state index in [2.05, 4.69) is 5.32 Å². The molecule has 1 aliphatic rings. The first-order valence-corrected chi connectivity index (χ1v) is 8.73. The molecule has 1 saturated heterocycles. The maximum atomic E-state index is 12.5. The number of halogens is 2. The van der Waals surface area contributed by atoms with Crippen molar-refractivity contribution in [3.05, 3.63) is 57.6 Å². The van der Waals surface area contributed by atoms with Crippen LogP contribution in [-0.2, 0) is 9.59 Å². The molecule has 1 aliphatic heterocycles. The normalized spacial score (nSPS) is 17.0. The maximum absolute atomic E-state index is 12.5. The monoisotopic (exact) mass is 376 g/mol. The van der Waals surface area contributed by atoms with Crippen LogP contribution in [0.15, 0.2) is 36.4 Å². The van der Waals surface area contributed by atoms with E-state index in [0.29, 0.717) is 22.3 Å². The van der Waals surface area contributed by atoms with Crippen LogP contribution in [0.4, 0.5) is 11.4 Å². The van der Waals surface area contributed by atoms with Crippen LogP contribution in [0.1, 0.15) is 17.5 Å². The van der Waals surface area contributed by atoms with E-state index in [1.807, 2.05) is 32.0 Å². The van der Waals surface area contributed by atoms with E-state index >= 15 is 0 Å². The highest BCUT2D eigenvalue weighted by Crippen LogP contribution is 2.30. The van der Waals surface area contributed by atoms with E-state index in [4.69, 9.17) is 23.2 Å². The van der Waals surface area contributed by atoms with Gasteiger partial charge >= 0.3 is 0 Å². The van der Waals surface area contributed by atoms with Crippen molar-refractivity contribution >= 4 is 46.4 Å². The summed E-state index contributed by atoms with van der Waals surface area (Å²) >= 11 is 12.0. The van der Waals surface area contributed by atoms with Crippen molar-refractivity contribution in [1.82, 2.24) is 0 Å². The molecule has 0 spiro atoms. The zero-order valence-corrected chi connectivity index (χ0v) is 15.5. The van der Waals surface area contributed by atoms with Gasteiger partial charge in [-0.25, -0.2) is 0 Å². The second-order valence-electron chi connectivity index (χ2n) is 6.32. The van der Waals surface area contributed by atoms with Gasteiger partial charge in [-0.2, -0.15) is 0 Å². The minimum atomic E-state index is -0.410. The number of amides is 2. The molecule has 2 aromatic rings. The number of carbonyl (C=O) groups is 2. The second-order valence-corrected chi connectivity index (χ2v) is 7.19. The fourth-order valence-electron chi connectivity index (χ4n) is 2.89. The highest BCUT2D eigenvalue weighted by Gasteiger charge is 2.35. The van der Waals surface area contributed by atoms with Crippen LogP contribution in [0.2, 0.25) is 10.0 Å². The first-order chi connectivity index (χ1) is 11.8. The molecule has 2 aromatic carbocycles. The summed E-state index contributed by atoms with van der Waals surface area (Å²) < 4.78 is 0. The molecule has 1 N–H and O–H groups in total. The van der Waals surface area contributed by atoms with Gasteiger partial charge in [0, 0.05) is 34.4 Å². The van der Waals surface area contributed by atoms with Gasteiger partial charge in [-0.1, -0.05) is 29.3 Å². The van der Waals surface area contributed by atoms with Gasteiger partial charge in [0.05, 0.1) is 5.92 Å². The van der Waals surface area contributed by atoms with Gasteiger partial charge in [0.25, 0.3) is 0 Å². The average Bonchev–Trinajstić information content (AvgIpc) is 2.92. The lowest BCUT2D eigenvalue weighted by molar-refractivity contribution is -0.122. The number of rotatable bonds is 3. The molecular weight excluding hydrogens is 359 g/mol. The molecular formula is C19H18Cl2N2O2. The van der Waals surface area contributed by atoms with Crippen molar-refractivity contribution in [1.29, 1.82) is 0 Å². The molecule has 1 atom stereocenters. The highest BCUT2D eigenvalue weighted by molar-refractivity contribution is 6.35. The molecule has 4 nitrogen and oxygen atoms in total. The summed E-state index contributed by atoms with van der Waals surface area (Å²) in [4.78, 5) is 26.4. The van der Waals surface area contributed by atoms with Gasteiger partial charge in [0.1, 0.15) is 0 Å². The zero-order chi connectivity index (χ0) is 18.1. The lowest BCUT2D eigenvalue weighted by Crippen LogP contribution is -2.28. The van der Waals surface area contributed by atoms with E-state index in [0.717, 1.165) is 16.8 Å². The van der Waals surface area contributed by atoms with Crippen molar-refractivity contribution in [3.8, 4) is 0 Å². The second kappa shape index (κ2) is 7.06. The van der Waals surface area contributed by atoms with Crippen LogP contribution < -0.4 is 10.2 Å². The van der Waals surface area contributed by atoms with Gasteiger partial charge in [-0.3, -0.25) is 9.59 Å². The van der Waals surface area contributed by atoms with Crippen LogP contribution in [0.5, 0.6) is 0 Å². The summed E-state index contributed by atoms with van der Waals surface area (Å²) in [6, 6.07) is 10.7. The predicted molar refractivity (Wildman–Crippen MR) is 101 cm³/mol. The Bertz CT molecular complexity index is 831. The molecule has 1 unspecified atom stereocenters. The van der Waals surface area contributed by atoms with Crippen LogP contribution in [0.25, 0.3) is 0 Å². The lowest BCUT2D eigenvalue weighted by Gasteiger charge is -2.17. The summed E-state index contributed by atoms with van der Waals surface area (Å²) in [6.07, 6.45) is 0.167. The van der Waals surface area contributed by atoms with E-state index in [9.17, 15) is 9.59 Å². The molecule has 6 heteroatoms. The standard InChI is InChI=1S/C19H18Cl2N2O2/c1-11-3-4-16(5-12(11)2)22-19(25)13-6-18(24)23(10-13)17-8-14(20)7-15(21)9-17/h3-5,7-9,13H,6,10H2,1-2H3,(H,22,25). The van der Waals surface area contributed by atoms with Crippen molar-refractivity contribution in [2.45, 2.75) is 20.3 Å². The molecule has 2 amide bonds.